The summed E-state index contributed by atoms with van der Waals surface area (Å²) in [5.41, 5.74) is 0.263. The minimum absolute atomic E-state index is 0.259. The van der Waals surface area contributed by atoms with E-state index < -0.39 is 6.36 Å². The molecule has 1 aliphatic heterocycles. The van der Waals surface area contributed by atoms with Gasteiger partial charge in [-0.25, -0.2) is 0 Å². The number of halogens is 5. The third kappa shape index (κ3) is 5.41. The second-order valence-electron chi connectivity index (χ2n) is 4.35. The highest BCUT2D eigenvalue weighted by Crippen LogP contribution is 2.33. The van der Waals surface area contributed by atoms with Crippen LogP contribution in [0.25, 0.3) is 0 Å². The third-order valence-corrected chi connectivity index (χ3v) is 3.85. The van der Waals surface area contributed by atoms with Crippen molar-refractivity contribution in [1.82, 2.24) is 0 Å². The molecular weight excluding hydrogens is 461 g/mol. The molecule has 0 atom stereocenters. The maximum absolute atomic E-state index is 11.7. The Hall–Kier alpha value is -1.74. The fourth-order valence-corrected chi connectivity index (χ4v) is 2.46. The van der Waals surface area contributed by atoms with Crippen molar-refractivity contribution in [1.29, 1.82) is 0 Å². The number of hydrogen-bond acceptors (Lipinski definition) is 4. The van der Waals surface area contributed by atoms with Crippen LogP contribution in [0.15, 0.2) is 45.3 Å². The van der Waals surface area contributed by atoms with Gasteiger partial charge in [-0.3, -0.25) is 4.79 Å². The van der Waals surface area contributed by atoms with Crippen LogP contribution in [-0.4, -0.2) is 19.4 Å². The first-order valence-corrected chi connectivity index (χ1v) is 7.93. The normalized spacial score (nSPS) is 12.2. The second-order valence-corrected chi connectivity index (χ2v) is 6.12. The summed E-state index contributed by atoms with van der Waals surface area (Å²) in [5, 5.41) is 0. The zero-order chi connectivity index (χ0) is 17.7. The van der Waals surface area contributed by atoms with Crippen molar-refractivity contribution in [2.75, 3.05) is 6.79 Å². The lowest BCUT2D eigenvalue weighted by molar-refractivity contribution is -0.274. The molecule has 24 heavy (non-hydrogen) atoms. The first-order chi connectivity index (χ1) is 11.3. The van der Waals surface area contributed by atoms with Gasteiger partial charge < -0.3 is 14.2 Å². The number of aldehydes is 1. The quantitative estimate of drug-likeness (QED) is 0.557. The number of rotatable bonds is 2. The summed E-state index contributed by atoms with van der Waals surface area (Å²) >= 11 is 6.27. The smallest absolute Gasteiger partial charge is 0.454 e. The van der Waals surface area contributed by atoms with Crippen LogP contribution in [0.3, 0.4) is 0 Å². The topological polar surface area (TPSA) is 44.8 Å². The van der Waals surface area contributed by atoms with Gasteiger partial charge in [-0.1, -0.05) is 15.9 Å². The summed E-state index contributed by atoms with van der Waals surface area (Å²) < 4.78 is 50.4. The van der Waals surface area contributed by atoms with Crippen molar-refractivity contribution in [3.63, 3.8) is 0 Å². The maximum Gasteiger partial charge on any atom is 0.573 e. The summed E-state index contributed by atoms with van der Waals surface area (Å²) in [5.74, 6) is 1.27. The van der Waals surface area contributed by atoms with Gasteiger partial charge in [-0.2, -0.15) is 0 Å². The molecule has 0 saturated carbocycles. The Kier molecular flexibility index (Phi) is 6.11. The van der Waals surface area contributed by atoms with Crippen LogP contribution in [0.5, 0.6) is 17.2 Å². The highest BCUT2D eigenvalue weighted by atomic mass is 79.9. The molecule has 2 aromatic carbocycles. The molecule has 0 amide bonds. The Morgan fingerprint density at radius 2 is 1.75 bits per heavy atom. The molecule has 9 heteroatoms. The molecule has 3 rings (SSSR count). The fraction of sp³-hybridized carbons (Fsp3) is 0.133. The summed E-state index contributed by atoms with van der Waals surface area (Å²) in [7, 11) is 0. The Morgan fingerprint density at radius 1 is 1.04 bits per heavy atom. The Labute approximate surface area is 151 Å². The van der Waals surface area contributed by atoms with E-state index in [4.69, 9.17) is 9.47 Å². The minimum Gasteiger partial charge on any atom is -0.454 e. The molecule has 4 nitrogen and oxygen atoms in total. The standard InChI is InChI=1S/C8H4BrF3O2.C7H5BrO2/c9-7-3-6(14-8(10,11)12)2-1-5(7)4-13;8-5-1-2-6-7(3-5)10-4-9-6/h1-4H;1-3H,4H2. The highest BCUT2D eigenvalue weighted by Gasteiger charge is 2.31. The molecule has 0 spiro atoms. The molecule has 0 fully saturated rings. The molecule has 0 aromatic heterocycles. The van der Waals surface area contributed by atoms with Gasteiger partial charge in [0.25, 0.3) is 0 Å². The Morgan fingerprint density at radius 3 is 2.38 bits per heavy atom. The number of benzene rings is 2. The predicted octanol–water partition coefficient (Wildman–Crippen LogP) is 5.34. The van der Waals surface area contributed by atoms with Crippen molar-refractivity contribution in [3.8, 4) is 17.2 Å². The van der Waals surface area contributed by atoms with Crippen LogP contribution in [0.4, 0.5) is 13.2 Å². The number of carbonyl (C=O) groups is 1. The van der Waals surface area contributed by atoms with Crippen molar-refractivity contribution in [2.24, 2.45) is 0 Å². The molecule has 0 radical (unpaired) electrons. The van der Waals surface area contributed by atoms with Crippen molar-refractivity contribution in [3.05, 3.63) is 50.9 Å². The van der Waals surface area contributed by atoms with Gasteiger partial charge in [-0.15, -0.1) is 13.2 Å². The Balaban J connectivity index is 0.000000182. The summed E-state index contributed by atoms with van der Waals surface area (Å²) in [6.45, 7) is 0.339. The van der Waals surface area contributed by atoms with E-state index in [1.807, 2.05) is 18.2 Å². The molecule has 0 bridgehead atoms. The van der Waals surface area contributed by atoms with Gasteiger partial charge in [-0.05, 0) is 52.3 Å². The van der Waals surface area contributed by atoms with Crippen LogP contribution in [0.1, 0.15) is 10.4 Å². The minimum atomic E-state index is -4.72. The van der Waals surface area contributed by atoms with E-state index in [0.717, 1.165) is 28.1 Å². The largest absolute Gasteiger partial charge is 0.573 e. The lowest BCUT2D eigenvalue weighted by atomic mass is 10.2. The van der Waals surface area contributed by atoms with Gasteiger partial charge in [0, 0.05) is 14.5 Å². The number of hydrogen-bond donors (Lipinski definition) is 0. The maximum atomic E-state index is 11.7. The predicted molar refractivity (Wildman–Crippen MR) is 86.5 cm³/mol. The lowest BCUT2D eigenvalue weighted by Crippen LogP contribution is -2.17. The molecule has 0 aliphatic carbocycles. The van der Waals surface area contributed by atoms with Gasteiger partial charge in [0.15, 0.2) is 17.8 Å². The van der Waals surface area contributed by atoms with Crippen LogP contribution >= 0.6 is 31.9 Å². The monoisotopic (exact) mass is 468 g/mol. The van der Waals surface area contributed by atoms with E-state index in [1.54, 1.807) is 0 Å². The summed E-state index contributed by atoms with van der Waals surface area (Å²) in [4.78, 5) is 10.3. The van der Waals surface area contributed by atoms with E-state index in [0.29, 0.717) is 13.1 Å². The van der Waals surface area contributed by atoms with Crippen molar-refractivity contribution >= 4 is 38.1 Å². The van der Waals surface area contributed by atoms with E-state index in [-0.39, 0.29) is 15.8 Å². The van der Waals surface area contributed by atoms with Gasteiger partial charge in [0.05, 0.1) is 0 Å². The zero-order valence-electron chi connectivity index (χ0n) is 11.8. The van der Waals surface area contributed by atoms with Crippen molar-refractivity contribution in [2.45, 2.75) is 6.36 Å². The van der Waals surface area contributed by atoms with E-state index >= 15 is 0 Å². The zero-order valence-corrected chi connectivity index (χ0v) is 14.9. The third-order valence-electron chi connectivity index (χ3n) is 2.67. The van der Waals surface area contributed by atoms with Crippen LogP contribution in [-0.2, 0) is 0 Å². The molecule has 2 aromatic rings. The molecule has 1 heterocycles. The molecule has 0 unspecified atom stereocenters. The molecular formula is C15H9Br2F3O4. The molecule has 0 N–H and O–H groups in total. The molecule has 0 saturated heterocycles. The van der Waals surface area contributed by atoms with Gasteiger partial charge in [0.2, 0.25) is 6.79 Å². The fourth-order valence-electron chi connectivity index (χ4n) is 1.67. The number of fused-ring (bicyclic) bond motifs is 1. The lowest BCUT2D eigenvalue weighted by Gasteiger charge is -2.09. The Bertz CT molecular complexity index is 735. The van der Waals surface area contributed by atoms with Crippen LogP contribution in [0, 0.1) is 0 Å². The van der Waals surface area contributed by atoms with E-state index in [2.05, 4.69) is 36.6 Å². The first kappa shape index (κ1) is 18.6. The number of alkyl halides is 3. The van der Waals surface area contributed by atoms with E-state index in [1.165, 1.54) is 6.07 Å². The SMILES string of the molecule is Brc1ccc2c(c1)OCO2.O=Cc1ccc(OC(F)(F)F)cc1Br. The van der Waals surface area contributed by atoms with Gasteiger partial charge >= 0.3 is 6.36 Å². The van der Waals surface area contributed by atoms with Crippen LogP contribution < -0.4 is 14.2 Å². The van der Waals surface area contributed by atoms with Gasteiger partial charge in [0.1, 0.15) is 5.75 Å². The second kappa shape index (κ2) is 7.89. The first-order valence-electron chi connectivity index (χ1n) is 6.34. The molecule has 128 valence electrons. The number of carbonyl (C=O) groups excluding carboxylic acids is 1. The average Bonchev–Trinajstić information content (AvgIpc) is 2.94. The average molecular weight is 470 g/mol. The van der Waals surface area contributed by atoms with Crippen molar-refractivity contribution < 1.29 is 32.2 Å². The number of ether oxygens (including phenoxy) is 3. The summed E-state index contributed by atoms with van der Waals surface area (Å²) in [6, 6.07) is 9.08. The van der Waals surface area contributed by atoms with Crippen LogP contribution in [0.2, 0.25) is 0 Å². The molecule has 1 aliphatic rings. The summed E-state index contributed by atoms with van der Waals surface area (Å²) in [6.07, 6.45) is -4.19. The van der Waals surface area contributed by atoms with E-state index in [9.17, 15) is 18.0 Å². The highest BCUT2D eigenvalue weighted by molar-refractivity contribution is 9.10.